The number of halogens is 1. The Morgan fingerprint density at radius 1 is 1.47 bits per heavy atom. The summed E-state index contributed by atoms with van der Waals surface area (Å²) in [5, 5.41) is 0.711. The molecule has 0 spiro atoms. The molecule has 0 fully saturated rings. The van der Waals surface area contributed by atoms with Crippen molar-refractivity contribution in [2.75, 3.05) is 0 Å². The second-order valence-corrected chi connectivity index (χ2v) is 3.93. The minimum Gasteiger partial charge on any atom is -0.300 e. The van der Waals surface area contributed by atoms with Crippen molar-refractivity contribution in [3.63, 3.8) is 0 Å². The predicted molar refractivity (Wildman–Crippen MR) is 64.3 cm³/mol. The molecule has 0 aromatic heterocycles. The van der Waals surface area contributed by atoms with Crippen LogP contribution in [0.25, 0.3) is 0 Å². The second kappa shape index (κ2) is 5.72. The molecule has 1 rings (SSSR count). The molecule has 0 heterocycles. The van der Waals surface area contributed by atoms with E-state index in [-0.39, 0.29) is 11.7 Å². The van der Waals surface area contributed by atoms with Gasteiger partial charge in [0.25, 0.3) is 0 Å². The quantitative estimate of drug-likeness (QED) is 0.689. The van der Waals surface area contributed by atoms with E-state index in [2.05, 4.69) is 6.58 Å². The maximum Gasteiger partial charge on any atom is 0.133 e. The summed E-state index contributed by atoms with van der Waals surface area (Å²) >= 11 is 5.80. The van der Waals surface area contributed by atoms with Crippen molar-refractivity contribution in [1.29, 1.82) is 0 Å². The molecule has 0 aliphatic heterocycles. The van der Waals surface area contributed by atoms with Crippen molar-refractivity contribution in [2.45, 2.75) is 25.7 Å². The Balaban J connectivity index is 2.78. The summed E-state index contributed by atoms with van der Waals surface area (Å²) in [6, 6.07) is 7.56. The van der Waals surface area contributed by atoms with E-state index in [0.29, 0.717) is 17.9 Å². The fourth-order valence-corrected chi connectivity index (χ4v) is 1.56. The van der Waals surface area contributed by atoms with Gasteiger partial charge < -0.3 is 0 Å². The number of allylic oxidation sites excluding steroid dienone is 1. The fraction of sp³-hybridized carbons (Fsp3) is 0.308. The zero-order valence-electron chi connectivity index (χ0n) is 8.87. The topological polar surface area (TPSA) is 17.1 Å². The predicted octanol–water partition coefficient (Wildman–Crippen LogP) is 3.98. The zero-order chi connectivity index (χ0) is 11.3. The summed E-state index contributed by atoms with van der Waals surface area (Å²) in [5.74, 6) is 0.365. The van der Waals surface area contributed by atoms with Gasteiger partial charge in [-0.15, -0.1) is 6.58 Å². The summed E-state index contributed by atoms with van der Waals surface area (Å²) in [7, 11) is 0. The third-order valence-electron chi connectivity index (χ3n) is 2.42. The third-order valence-corrected chi connectivity index (χ3v) is 2.68. The average Bonchev–Trinajstić information content (AvgIpc) is 2.27. The first-order valence-corrected chi connectivity index (χ1v) is 5.45. The van der Waals surface area contributed by atoms with Crippen LogP contribution < -0.4 is 0 Å². The van der Waals surface area contributed by atoms with Gasteiger partial charge in [-0.3, -0.25) is 4.79 Å². The Morgan fingerprint density at radius 3 is 2.53 bits per heavy atom. The monoisotopic (exact) mass is 222 g/mol. The zero-order valence-corrected chi connectivity index (χ0v) is 9.63. The molecule has 0 N–H and O–H groups in total. The van der Waals surface area contributed by atoms with Gasteiger partial charge in [-0.2, -0.15) is 0 Å². The number of carbonyl (C=O) groups is 1. The summed E-state index contributed by atoms with van der Waals surface area (Å²) in [5.41, 5.74) is 1.09. The average molecular weight is 223 g/mol. The van der Waals surface area contributed by atoms with Crippen LogP contribution in [0, 0.1) is 0 Å². The molecule has 2 heteroatoms. The van der Waals surface area contributed by atoms with Crippen LogP contribution >= 0.6 is 11.6 Å². The summed E-state index contributed by atoms with van der Waals surface area (Å²) in [4.78, 5) is 11.3. The van der Waals surface area contributed by atoms with Crippen LogP contribution in [-0.4, -0.2) is 5.78 Å². The van der Waals surface area contributed by atoms with Crippen LogP contribution in [0.2, 0.25) is 5.02 Å². The molecule has 15 heavy (non-hydrogen) atoms. The van der Waals surface area contributed by atoms with E-state index in [0.717, 1.165) is 5.56 Å². The fourth-order valence-electron chi connectivity index (χ4n) is 1.44. The molecule has 1 atom stereocenters. The van der Waals surface area contributed by atoms with Gasteiger partial charge in [-0.1, -0.05) is 36.7 Å². The number of Topliss-reactive ketones (excluding diaryl/α,β-unsaturated/α-hetero) is 1. The van der Waals surface area contributed by atoms with Gasteiger partial charge in [0.15, 0.2) is 0 Å². The maximum absolute atomic E-state index is 11.3. The minimum atomic E-state index is 0.106. The van der Waals surface area contributed by atoms with Gasteiger partial charge in [-0.25, -0.2) is 0 Å². The van der Waals surface area contributed by atoms with Crippen molar-refractivity contribution < 1.29 is 4.79 Å². The van der Waals surface area contributed by atoms with Crippen LogP contribution in [0.4, 0.5) is 0 Å². The largest absolute Gasteiger partial charge is 0.300 e. The normalized spacial score (nSPS) is 12.1. The first-order valence-electron chi connectivity index (χ1n) is 5.07. The lowest BCUT2D eigenvalue weighted by Gasteiger charge is -2.11. The van der Waals surface area contributed by atoms with Crippen LogP contribution in [0.5, 0.6) is 0 Å². The van der Waals surface area contributed by atoms with Crippen molar-refractivity contribution in [3.8, 4) is 0 Å². The summed E-state index contributed by atoms with van der Waals surface area (Å²) in [6.07, 6.45) is 2.93. The molecule has 0 bridgehead atoms. The number of ketones is 1. The molecular formula is C13H15ClO. The van der Waals surface area contributed by atoms with Gasteiger partial charge in [0.2, 0.25) is 0 Å². The molecule has 80 valence electrons. The number of hydrogen-bond acceptors (Lipinski definition) is 1. The van der Waals surface area contributed by atoms with E-state index in [4.69, 9.17) is 11.6 Å². The molecule has 0 aliphatic carbocycles. The number of carbonyl (C=O) groups excluding carboxylic acids is 1. The van der Waals surface area contributed by atoms with E-state index in [1.807, 2.05) is 37.3 Å². The molecule has 1 aromatic rings. The van der Waals surface area contributed by atoms with E-state index < -0.39 is 0 Å². The molecule has 1 aromatic carbocycles. The molecule has 0 saturated heterocycles. The van der Waals surface area contributed by atoms with Crippen molar-refractivity contribution in [1.82, 2.24) is 0 Å². The standard InChI is InChI=1S/C13H15ClO/c1-3-10(9-13(15)4-2)11-5-7-12(14)8-6-11/h3,5-8,10H,1,4,9H2,2H3. The lowest BCUT2D eigenvalue weighted by Crippen LogP contribution is -2.03. The van der Waals surface area contributed by atoms with Gasteiger partial charge in [0, 0.05) is 23.8 Å². The van der Waals surface area contributed by atoms with Crippen molar-refractivity contribution in [3.05, 3.63) is 47.5 Å². The van der Waals surface area contributed by atoms with Crippen molar-refractivity contribution in [2.24, 2.45) is 0 Å². The minimum absolute atomic E-state index is 0.106. The SMILES string of the molecule is C=CC(CC(=O)CC)c1ccc(Cl)cc1. The van der Waals surface area contributed by atoms with Crippen molar-refractivity contribution >= 4 is 17.4 Å². The highest BCUT2D eigenvalue weighted by Gasteiger charge is 2.11. The molecule has 1 nitrogen and oxygen atoms in total. The first kappa shape index (κ1) is 12.0. The molecule has 0 aliphatic rings. The van der Waals surface area contributed by atoms with E-state index in [9.17, 15) is 4.79 Å². The Hall–Kier alpha value is -1.08. The highest BCUT2D eigenvalue weighted by Crippen LogP contribution is 2.23. The van der Waals surface area contributed by atoms with E-state index in [1.165, 1.54) is 0 Å². The van der Waals surface area contributed by atoms with Gasteiger partial charge in [0.1, 0.15) is 5.78 Å². The lowest BCUT2D eigenvalue weighted by atomic mass is 9.93. The lowest BCUT2D eigenvalue weighted by molar-refractivity contribution is -0.118. The smallest absolute Gasteiger partial charge is 0.133 e. The highest BCUT2D eigenvalue weighted by atomic mass is 35.5. The van der Waals surface area contributed by atoms with Gasteiger partial charge >= 0.3 is 0 Å². The van der Waals surface area contributed by atoms with Crippen LogP contribution in [-0.2, 0) is 4.79 Å². The highest BCUT2D eigenvalue weighted by molar-refractivity contribution is 6.30. The molecule has 0 radical (unpaired) electrons. The van der Waals surface area contributed by atoms with Crippen LogP contribution in [0.3, 0.4) is 0 Å². The van der Waals surface area contributed by atoms with Crippen LogP contribution in [0.1, 0.15) is 31.2 Å². The second-order valence-electron chi connectivity index (χ2n) is 3.49. The Kier molecular flexibility index (Phi) is 4.57. The van der Waals surface area contributed by atoms with E-state index in [1.54, 1.807) is 0 Å². The number of hydrogen-bond donors (Lipinski definition) is 0. The molecule has 1 unspecified atom stereocenters. The first-order chi connectivity index (χ1) is 7.17. The Labute approximate surface area is 95.8 Å². The van der Waals surface area contributed by atoms with E-state index >= 15 is 0 Å². The third kappa shape index (κ3) is 3.52. The van der Waals surface area contributed by atoms with Gasteiger partial charge in [0.05, 0.1) is 0 Å². The van der Waals surface area contributed by atoms with Crippen LogP contribution in [0.15, 0.2) is 36.9 Å². The molecule has 0 amide bonds. The summed E-state index contributed by atoms with van der Waals surface area (Å²) in [6.45, 7) is 5.64. The number of rotatable bonds is 5. The maximum atomic E-state index is 11.3. The Bertz CT molecular complexity index is 340. The van der Waals surface area contributed by atoms with Gasteiger partial charge in [-0.05, 0) is 17.7 Å². The molecular weight excluding hydrogens is 208 g/mol. The summed E-state index contributed by atoms with van der Waals surface area (Å²) < 4.78 is 0. The number of benzene rings is 1. The Morgan fingerprint density at radius 2 is 2.07 bits per heavy atom. The molecule has 0 saturated carbocycles.